The predicted octanol–water partition coefficient (Wildman–Crippen LogP) is 3.30. The monoisotopic (exact) mass is 533 g/mol. The molecule has 0 saturated carbocycles. The van der Waals surface area contributed by atoms with Gasteiger partial charge in [-0.05, 0) is 30.3 Å². The fourth-order valence-electron chi connectivity index (χ4n) is 3.10. The van der Waals surface area contributed by atoms with Crippen molar-refractivity contribution in [2.45, 2.75) is 6.61 Å². The number of anilines is 1. The first kappa shape index (κ1) is 24.5. The molecule has 0 spiro atoms. The van der Waals surface area contributed by atoms with Crippen LogP contribution in [0.3, 0.4) is 0 Å². The molecule has 0 aliphatic carbocycles. The fraction of sp³-hybridized carbons (Fsp3) is 0.190. The molecule has 0 aliphatic heterocycles. The van der Waals surface area contributed by atoms with E-state index in [1.165, 1.54) is 6.20 Å². The number of alkyl halides is 1. The van der Waals surface area contributed by atoms with E-state index in [1.807, 2.05) is 0 Å². The molecule has 0 bridgehead atoms. The molecule has 2 aromatic heterocycles. The minimum atomic E-state index is -3.49. The lowest BCUT2D eigenvalue weighted by atomic mass is 10.2. The van der Waals surface area contributed by atoms with Gasteiger partial charge in [-0.15, -0.1) is 16.7 Å². The largest absolute Gasteiger partial charge is 0.489 e. The SMILES string of the molecule is CS(=O)(=O)Nc1nccc(COc2ccc3c(c2)nnn3-c2cc(Cl)c(OCCCl)c(C#N)c2)n1. The first-order valence-corrected chi connectivity index (χ1v) is 12.8. The first-order valence-electron chi connectivity index (χ1n) is 9.98. The zero-order chi connectivity index (χ0) is 25.0. The number of nitrogens with one attached hydrogen (secondary N) is 1. The number of nitrogens with zero attached hydrogens (tertiary/aromatic N) is 6. The Labute approximate surface area is 210 Å². The third-order valence-electron chi connectivity index (χ3n) is 4.51. The van der Waals surface area contributed by atoms with Crippen molar-refractivity contribution in [3.05, 3.63) is 58.9 Å². The molecule has 35 heavy (non-hydrogen) atoms. The zero-order valence-corrected chi connectivity index (χ0v) is 20.5. The van der Waals surface area contributed by atoms with Gasteiger partial charge in [0.1, 0.15) is 30.5 Å². The molecule has 2 heterocycles. The van der Waals surface area contributed by atoms with Crippen molar-refractivity contribution in [2.24, 2.45) is 0 Å². The molecular formula is C21H17Cl2N7O4S. The Bertz CT molecular complexity index is 1540. The van der Waals surface area contributed by atoms with Crippen LogP contribution in [0.2, 0.25) is 5.02 Å². The topological polar surface area (TPSA) is 145 Å². The highest BCUT2D eigenvalue weighted by Gasteiger charge is 2.15. The smallest absolute Gasteiger partial charge is 0.236 e. The van der Waals surface area contributed by atoms with Crippen molar-refractivity contribution >= 4 is 50.2 Å². The number of sulfonamides is 1. The van der Waals surface area contributed by atoms with Crippen LogP contribution in [0, 0.1) is 11.3 Å². The molecular weight excluding hydrogens is 517 g/mol. The van der Waals surface area contributed by atoms with E-state index in [2.05, 4.69) is 31.1 Å². The van der Waals surface area contributed by atoms with E-state index in [0.29, 0.717) is 28.2 Å². The molecule has 1 N–H and O–H groups in total. The van der Waals surface area contributed by atoms with E-state index >= 15 is 0 Å². The molecule has 180 valence electrons. The number of rotatable bonds is 9. The van der Waals surface area contributed by atoms with Crippen molar-refractivity contribution in [3.63, 3.8) is 0 Å². The van der Waals surface area contributed by atoms with Crippen LogP contribution in [0.25, 0.3) is 16.7 Å². The second-order valence-electron chi connectivity index (χ2n) is 7.14. The number of aromatic nitrogens is 5. The van der Waals surface area contributed by atoms with Gasteiger partial charge < -0.3 is 9.47 Å². The Kier molecular flexibility index (Phi) is 7.20. The van der Waals surface area contributed by atoms with Gasteiger partial charge in [-0.3, -0.25) is 4.72 Å². The number of fused-ring (bicyclic) bond motifs is 1. The van der Waals surface area contributed by atoms with Crippen LogP contribution in [0.4, 0.5) is 5.95 Å². The second-order valence-corrected chi connectivity index (χ2v) is 9.67. The van der Waals surface area contributed by atoms with Crippen LogP contribution in [0.5, 0.6) is 11.5 Å². The Morgan fingerprint density at radius 1 is 1.20 bits per heavy atom. The standard InChI is InChI=1S/C21H17Cl2N7O4S/c1-35(31,32)28-21-25-6-4-14(26-21)12-34-16-2-3-19-18(10-16)27-29-30(19)15-8-13(11-24)20(17(23)9-15)33-7-5-22/h2-4,6,8-10H,5,7,12H2,1H3,(H,25,26,28). The van der Waals surface area contributed by atoms with Crippen LogP contribution in [-0.4, -0.2) is 52.1 Å². The molecule has 14 heteroatoms. The van der Waals surface area contributed by atoms with E-state index in [0.717, 1.165) is 6.26 Å². The van der Waals surface area contributed by atoms with Gasteiger partial charge in [0.05, 0.1) is 39.6 Å². The predicted molar refractivity (Wildman–Crippen MR) is 130 cm³/mol. The summed E-state index contributed by atoms with van der Waals surface area (Å²) in [5.74, 6) is 0.984. The molecule has 4 aromatic rings. The highest BCUT2D eigenvalue weighted by atomic mass is 35.5. The van der Waals surface area contributed by atoms with Crippen LogP contribution < -0.4 is 14.2 Å². The molecule has 0 unspecified atom stereocenters. The average molecular weight is 534 g/mol. The number of hydrogen-bond donors (Lipinski definition) is 1. The summed E-state index contributed by atoms with van der Waals surface area (Å²) >= 11 is 12.0. The van der Waals surface area contributed by atoms with E-state index in [4.69, 9.17) is 32.7 Å². The average Bonchev–Trinajstić information content (AvgIpc) is 3.24. The van der Waals surface area contributed by atoms with E-state index in [1.54, 1.807) is 41.1 Å². The van der Waals surface area contributed by atoms with Crippen molar-refractivity contribution in [3.8, 4) is 23.3 Å². The molecule has 0 atom stereocenters. The van der Waals surface area contributed by atoms with Crippen molar-refractivity contribution in [1.82, 2.24) is 25.0 Å². The maximum atomic E-state index is 11.4. The summed E-state index contributed by atoms with van der Waals surface area (Å²) in [5, 5.41) is 18.1. The Morgan fingerprint density at radius 3 is 2.77 bits per heavy atom. The summed E-state index contributed by atoms with van der Waals surface area (Å²) < 4.78 is 37.7. The molecule has 0 aliphatic rings. The molecule has 0 radical (unpaired) electrons. The van der Waals surface area contributed by atoms with Gasteiger partial charge >= 0.3 is 0 Å². The van der Waals surface area contributed by atoms with Crippen molar-refractivity contribution in [2.75, 3.05) is 23.5 Å². The Balaban J connectivity index is 1.55. The summed E-state index contributed by atoms with van der Waals surface area (Å²) in [6, 6.07) is 12.1. The number of nitriles is 1. The minimum Gasteiger partial charge on any atom is -0.489 e. The number of halogens is 2. The zero-order valence-electron chi connectivity index (χ0n) is 18.1. The molecule has 0 saturated heterocycles. The van der Waals surface area contributed by atoms with Gasteiger partial charge in [-0.2, -0.15) is 5.26 Å². The van der Waals surface area contributed by atoms with Crippen molar-refractivity contribution < 1.29 is 17.9 Å². The number of hydrogen-bond acceptors (Lipinski definition) is 9. The van der Waals surface area contributed by atoms with E-state index < -0.39 is 10.0 Å². The summed E-state index contributed by atoms with van der Waals surface area (Å²) in [6.07, 6.45) is 2.45. The highest BCUT2D eigenvalue weighted by molar-refractivity contribution is 7.91. The summed E-state index contributed by atoms with van der Waals surface area (Å²) in [5.41, 5.74) is 2.46. The fourth-order valence-corrected chi connectivity index (χ4v) is 3.88. The maximum Gasteiger partial charge on any atom is 0.236 e. The van der Waals surface area contributed by atoms with E-state index in [-0.39, 0.29) is 41.4 Å². The van der Waals surface area contributed by atoms with Gasteiger partial charge in [0.25, 0.3) is 0 Å². The van der Waals surface area contributed by atoms with Crippen LogP contribution in [0.15, 0.2) is 42.6 Å². The third kappa shape index (κ3) is 5.89. The normalized spacial score (nSPS) is 11.3. The molecule has 4 rings (SSSR count). The highest BCUT2D eigenvalue weighted by Crippen LogP contribution is 2.32. The van der Waals surface area contributed by atoms with E-state index in [9.17, 15) is 13.7 Å². The Morgan fingerprint density at radius 2 is 2.03 bits per heavy atom. The third-order valence-corrected chi connectivity index (χ3v) is 5.50. The second kappa shape index (κ2) is 10.3. The summed E-state index contributed by atoms with van der Waals surface area (Å²) in [7, 11) is -3.49. The summed E-state index contributed by atoms with van der Waals surface area (Å²) in [6.45, 7) is 0.292. The van der Waals surface area contributed by atoms with Crippen LogP contribution >= 0.6 is 23.2 Å². The first-order chi connectivity index (χ1) is 16.8. The number of benzene rings is 2. The van der Waals surface area contributed by atoms with Gasteiger partial charge in [-0.25, -0.2) is 23.1 Å². The van der Waals surface area contributed by atoms with Gasteiger partial charge in [0, 0.05) is 12.3 Å². The van der Waals surface area contributed by atoms with Crippen LogP contribution in [0.1, 0.15) is 11.3 Å². The van der Waals surface area contributed by atoms with Crippen molar-refractivity contribution in [1.29, 1.82) is 5.26 Å². The van der Waals surface area contributed by atoms with Gasteiger partial charge in [0.15, 0.2) is 5.75 Å². The minimum absolute atomic E-state index is 0.0403. The van der Waals surface area contributed by atoms with Crippen LogP contribution in [-0.2, 0) is 16.6 Å². The molecule has 11 nitrogen and oxygen atoms in total. The van der Waals surface area contributed by atoms with Gasteiger partial charge in [0.2, 0.25) is 16.0 Å². The molecule has 0 fully saturated rings. The maximum absolute atomic E-state index is 11.4. The lowest BCUT2D eigenvalue weighted by molar-refractivity contribution is 0.301. The molecule has 0 amide bonds. The lowest BCUT2D eigenvalue weighted by Crippen LogP contribution is -2.13. The quantitative estimate of drug-likeness (QED) is 0.320. The lowest BCUT2D eigenvalue weighted by Gasteiger charge is -2.11. The molecule has 2 aromatic carbocycles. The summed E-state index contributed by atoms with van der Waals surface area (Å²) in [4.78, 5) is 7.98. The Hall–Kier alpha value is -3.66. The number of ether oxygens (including phenoxy) is 2. The van der Waals surface area contributed by atoms with Gasteiger partial charge in [-0.1, -0.05) is 16.8 Å².